The van der Waals surface area contributed by atoms with Gasteiger partial charge in [0.05, 0.1) is 6.10 Å². The number of amides is 1. The average Bonchev–Trinajstić information content (AvgIpc) is 2.59. The van der Waals surface area contributed by atoms with Gasteiger partial charge < -0.3 is 14.8 Å². The van der Waals surface area contributed by atoms with Gasteiger partial charge in [0.2, 0.25) is 0 Å². The fraction of sp³-hybridized carbons (Fsp3) is 0.158. The maximum atomic E-state index is 13.2. The highest BCUT2D eigenvalue weighted by Crippen LogP contribution is 2.19. The molecule has 1 amide bonds. The lowest BCUT2D eigenvalue weighted by molar-refractivity contribution is 0.0912. The summed E-state index contributed by atoms with van der Waals surface area (Å²) in [4.78, 5) is 24.5. The SMILES string of the molecule is Cc1c(C(=O)NCC(O)c2cccc(F)c2)c(=O)oc2ccccc12. The van der Waals surface area contributed by atoms with E-state index in [-0.39, 0.29) is 12.1 Å². The van der Waals surface area contributed by atoms with Crippen LogP contribution in [0.5, 0.6) is 0 Å². The van der Waals surface area contributed by atoms with Gasteiger partial charge in [-0.2, -0.15) is 0 Å². The molecule has 0 aliphatic heterocycles. The van der Waals surface area contributed by atoms with Gasteiger partial charge in [0.15, 0.2) is 0 Å². The number of aryl methyl sites for hydroxylation is 1. The number of fused-ring (bicyclic) bond motifs is 1. The van der Waals surface area contributed by atoms with Gasteiger partial charge in [-0.1, -0.05) is 30.3 Å². The van der Waals surface area contributed by atoms with E-state index in [4.69, 9.17) is 4.42 Å². The van der Waals surface area contributed by atoms with Crippen LogP contribution in [0.3, 0.4) is 0 Å². The Bertz CT molecular complexity index is 996. The molecule has 2 N–H and O–H groups in total. The molecule has 0 aliphatic rings. The van der Waals surface area contributed by atoms with Crippen molar-refractivity contribution in [1.82, 2.24) is 5.32 Å². The molecular weight excluding hydrogens is 325 g/mol. The highest BCUT2D eigenvalue weighted by molar-refractivity contribution is 5.99. The summed E-state index contributed by atoms with van der Waals surface area (Å²) in [5.41, 5.74) is 0.396. The van der Waals surface area contributed by atoms with Crippen LogP contribution in [0.25, 0.3) is 11.0 Å². The summed E-state index contributed by atoms with van der Waals surface area (Å²) in [6.07, 6.45) is -1.09. The third kappa shape index (κ3) is 3.44. The van der Waals surface area contributed by atoms with Crippen molar-refractivity contribution in [2.45, 2.75) is 13.0 Å². The molecule has 1 heterocycles. The van der Waals surface area contributed by atoms with Crippen LogP contribution in [0.1, 0.15) is 27.6 Å². The molecule has 0 radical (unpaired) electrons. The molecule has 3 rings (SSSR count). The first-order valence-corrected chi connectivity index (χ1v) is 7.71. The van der Waals surface area contributed by atoms with Crippen molar-refractivity contribution in [1.29, 1.82) is 0 Å². The van der Waals surface area contributed by atoms with Gasteiger partial charge in [-0.25, -0.2) is 9.18 Å². The van der Waals surface area contributed by atoms with E-state index < -0.39 is 23.5 Å². The number of halogens is 1. The molecule has 1 unspecified atom stereocenters. The predicted octanol–water partition coefficient (Wildman–Crippen LogP) is 2.70. The van der Waals surface area contributed by atoms with E-state index in [1.165, 1.54) is 18.2 Å². The lowest BCUT2D eigenvalue weighted by Crippen LogP contribution is -2.32. The van der Waals surface area contributed by atoms with E-state index >= 15 is 0 Å². The smallest absolute Gasteiger partial charge is 0.349 e. The molecule has 5 nitrogen and oxygen atoms in total. The van der Waals surface area contributed by atoms with Crippen LogP contribution < -0.4 is 10.9 Å². The summed E-state index contributed by atoms with van der Waals surface area (Å²) in [6.45, 7) is 1.51. The minimum atomic E-state index is -1.09. The van der Waals surface area contributed by atoms with Gasteiger partial charge in [0.1, 0.15) is 17.0 Å². The van der Waals surface area contributed by atoms with Crippen LogP contribution in [0.4, 0.5) is 4.39 Å². The number of benzene rings is 2. The first kappa shape index (κ1) is 16.9. The minimum Gasteiger partial charge on any atom is -0.422 e. The molecule has 128 valence electrons. The molecule has 25 heavy (non-hydrogen) atoms. The second kappa shape index (κ2) is 6.86. The van der Waals surface area contributed by atoms with E-state index in [0.717, 1.165) is 0 Å². The Hall–Kier alpha value is -2.99. The summed E-state index contributed by atoms with van der Waals surface area (Å²) in [7, 11) is 0. The third-order valence-electron chi connectivity index (χ3n) is 3.99. The molecule has 3 aromatic rings. The molecule has 0 spiro atoms. The van der Waals surface area contributed by atoms with Crippen molar-refractivity contribution in [2.24, 2.45) is 0 Å². The minimum absolute atomic E-state index is 0.106. The monoisotopic (exact) mass is 341 g/mol. The Balaban J connectivity index is 1.82. The van der Waals surface area contributed by atoms with E-state index in [0.29, 0.717) is 22.1 Å². The number of carbonyl (C=O) groups excluding carboxylic acids is 1. The van der Waals surface area contributed by atoms with Crippen molar-refractivity contribution in [3.63, 3.8) is 0 Å². The summed E-state index contributed by atoms with van der Waals surface area (Å²) >= 11 is 0. The summed E-state index contributed by atoms with van der Waals surface area (Å²) in [5, 5.41) is 13.2. The fourth-order valence-corrected chi connectivity index (χ4v) is 2.68. The van der Waals surface area contributed by atoms with Crippen LogP contribution in [-0.4, -0.2) is 17.6 Å². The molecule has 0 bridgehead atoms. The van der Waals surface area contributed by atoms with Crippen molar-refractivity contribution in [2.75, 3.05) is 6.54 Å². The Morgan fingerprint density at radius 2 is 2.00 bits per heavy atom. The van der Waals surface area contributed by atoms with Gasteiger partial charge in [-0.05, 0) is 36.2 Å². The van der Waals surface area contributed by atoms with Crippen LogP contribution in [0.15, 0.2) is 57.7 Å². The van der Waals surface area contributed by atoms with Gasteiger partial charge >= 0.3 is 5.63 Å². The maximum Gasteiger partial charge on any atom is 0.349 e. The first-order chi connectivity index (χ1) is 12.0. The number of hydrogen-bond acceptors (Lipinski definition) is 4. The second-order valence-electron chi connectivity index (χ2n) is 5.67. The number of aliphatic hydroxyl groups is 1. The molecule has 0 saturated carbocycles. The van der Waals surface area contributed by atoms with Crippen molar-refractivity contribution < 1.29 is 18.7 Å². The van der Waals surface area contributed by atoms with Crippen LogP contribution in [0, 0.1) is 12.7 Å². The van der Waals surface area contributed by atoms with E-state index in [2.05, 4.69) is 5.32 Å². The number of nitrogens with one attached hydrogen (secondary N) is 1. The number of carbonyl (C=O) groups is 1. The average molecular weight is 341 g/mol. The maximum absolute atomic E-state index is 13.2. The molecule has 2 aromatic carbocycles. The molecule has 1 aromatic heterocycles. The predicted molar refractivity (Wildman–Crippen MR) is 90.9 cm³/mol. The third-order valence-corrected chi connectivity index (χ3v) is 3.99. The van der Waals surface area contributed by atoms with Gasteiger partial charge in [0.25, 0.3) is 5.91 Å². The normalized spacial score (nSPS) is 12.1. The standard InChI is InChI=1S/C19H16FNO4/c1-11-14-7-2-3-8-16(14)25-19(24)17(11)18(23)21-10-15(22)12-5-4-6-13(20)9-12/h2-9,15,22H,10H2,1H3,(H,21,23). The molecule has 0 aliphatic carbocycles. The quantitative estimate of drug-likeness (QED) is 0.715. The number of hydrogen-bond donors (Lipinski definition) is 2. The van der Waals surface area contributed by atoms with Gasteiger partial charge in [-0.15, -0.1) is 0 Å². The van der Waals surface area contributed by atoms with Crippen molar-refractivity contribution in [3.8, 4) is 0 Å². The Kier molecular flexibility index (Phi) is 4.63. The van der Waals surface area contributed by atoms with E-state index in [1.807, 2.05) is 0 Å². The molecule has 1 atom stereocenters. The zero-order chi connectivity index (χ0) is 18.0. The summed E-state index contributed by atoms with van der Waals surface area (Å²) in [5.74, 6) is -1.12. The zero-order valence-electron chi connectivity index (χ0n) is 13.5. The number of para-hydroxylation sites is 1. The second-order valence-corrected chi connectivity index (χ2v) is 5.67. The largest absolute Gasteiger partial charge is 0.422 e. The molecular formula is C19H16FNO4. The van der Waals surface area contributed by atoms with Crippen LogP contribution >= 0.6 is 0 Å². The summed E-state index contributed by atoms with van der Waals surface area (Å²) in [6, 6.07) is 12.4. The fourth-order valence-electron chi connectivity index (χ4n) is 2.68. The number of aliphatic hydroxyl groups excluding tert-OH is 1. The lowest BCUT2D eigenvalue weighted by Gasteiger charge is -2.13. The first-order valence-electron chi connectivity index (χ1n) is 7.71. The zero-order valence-corrected chi connectivity index (χ0v) is 13.5. The highest BCUT2D eigenvalue weighted by atomic mass is 19.1. The Morgan fingerprint density at radius 3 is 2.76 bits per heavy atom. The lowest BCUT2D eigenvalue weighted by atomic mass is 10.1. The Morgan fingerprint density at radius 1 is 1.24 bits per heavy atom. The Labute approximate surface area is 142 Å². The van der Waals surface area contributed by atoms with Gasteiger partial charge in [0, 0.05) is 11.9 Å². The molecule has 6 heteroatoms. The topological polar surface area (TPSA) is 79.5 Å². The van der Waals surface area contributed by atoms with Crippen LogP contribution in [-0.2, 0) is 0 Å². The van der Waals surface area contributed by atoms with E-state index in [9.17, 15) is 19.1 Å². The summed E-state index contributed by atoms with van der Waals surface area (Å²) < 4.78 is 18.4. The number of rotatable bonds is 4. The highest BCUT2D eigenvalue weighted by Gasteiger charge is 2.19. The molecule has 0 fully saturated rings. The van der Waals surface area contributed by atoms with Crippen molar-refractivity contribution >= 4 is 16.9 Å². The molecule has 0 saturated heterocycles. The van der Waals surface area contributed by atoms with Gasteiger partial charge in [-0.3, -0.25) is 4.79 Å². The van der Waals surface area contributed by atoms with Crippen molar-refractivity contribution in [3.05, 3.63) is 81.5 Å². The van der Waals surface area contributed by atoms with E-state index in [1.54, 1.807) is 37.3 Å². The van der Waals surface area contributed by atoms with Crippen LogP contribution in [0.2, 0.25) is 0 Å².